The normalized spacial score (nSPS) is 12.2. The number of nitrogens with one attached hydrogen (secondary N) is 1. The van der Waals surface area contributed by atoms with Crippen molar-refractivity contribution in [3.8, 4) is 17.4 Å². The van der Waals surface area contributed by atoms with Crippen molar-refractivity contribution in [2.45, 2.75) is 19.1 Å². The number of alkyl halides is 3. The summed E-state index contributed by atoms with van der Waals surface area (Å²) in [6, 6.07) is 7.38. The van der Waals surface area contributed by atoms with Gasteiger partial charge in [0.25, 0.3) is 5.91 Å². The SMILES string of the molecule is COc1ccc(C(C)NC(=O)c2ccc(OCC(F)(F)F)nc2)c(OC)c1. The molecular formula is C18H19F3N2O4. The van der Waals surface area contributed by atoms with Gasteiger partial charge in [0.2, 0.25) is 5.88 Å². The van der Waals surface area contributed by atoms with Crippen LogP contribution in [0.5, 0.6) is 17.4 Å². The molecule has 0 saturated heterocycles. The van der Waals surface area contributed by atoms with Crippen LogP contribution in [0.25, 0.3) is 0 Å². The molecule has 0 aliphatic heterocycles. The van der Waals surface area contributed by atoms with Crippen molar-refractivity contribution in [2.75, 3.05) is 20.8 Å². The van der Waals surface area contributed by atoms with Crippen LogP contribution in [0.1, 0.15) is 28.9 Å². The van der Waals surface area contributed by atoms with E-state index in [2.05, 4.69) is 15.0 Å². The maximum absolute atomic E-state index is 12.3. The highest BCUT2D eigenvalue weighted by molar-refractivity contribution is 5.94. The van der Waals surface area contributed by atoms with E-state index in [1.165, 1.54) is 26.4 Å². The number of methoxy groups -OCH3 is 2. The van der Waals surface area contributed by atoms with Crippen molar-refractivity contribution in [1.82, 2.24) is 10.3 Å². The van der Waals surface area contributed by atoms with Gasteiger partial charge in [-0.3, -0.25) is 4.79 Å². The zero-order chi connectivity index (χ0) is 20.0. The molecule has 1 unspecified atom stereocenters. The van der Waals surface area contributed by atoms with Crippen molar-refractivity contribution >= 4 is 5.91 Å². The van der Waals surface area contributed by atoms with E-state index >= 15 is 0 Å². The number of pyridine rings is 1. The molecule has 0 bridgehead atoms. The molecule has 146 valence electrons. The van der Waals surface area contributed by atoms with E-state index in [-0.39, 0.29) is 17.5 Å². The number of hydrogen-bond acceptors (Lipinski definition) is 5. The Bertz CT molecular complexity index is 779. The predicted octanol–water partition coefficient (Wildman–Crippen LogP) is 3.53. The number of rotatable bonds is 7. The Morgan fingerprint density at radius 2 is 1.93 bits per heavy atom. The molecule has 6 nitrogen and oxygen atoms in total. The number of amides is 1. The summed E-state index contributed by atoms with van der Waals surface area (Å²) in [5, 5.41) is 2.78. The van der Waals surface area contributed by atoms with Crippen LogP contribution in [-0.2, 0) is 0 Å². The Balaban J connectivity index is 2.04. The molecule has 1 aromatic carbocycles. The minimum Gasteiger partial charge on any atom is -0.497 e. The fourth-order valence-electron chi connectivity index (χ4n) is 2.29. The topological polar surface area (TPSA) is 69.7 Å². The van der Waals surface area contributed by atoms with Crippen molar-refractivity contribution in [1.29, 1.82) is 0 Å². The molecule has 0 radical (unpaired) electrons. The number of hydrogen-bond donors (Lipinski definition) is 1. The lowest BCUT2D eigenvalue weighted by atomic mass is 10.1. The highest BCUT2D eigenvalue weighted by Crippen LogP contribution is 2.29. The van der Waals surface area contributed by atoms with Crippen molar-refractivity contribution in [2.24, 2.45) is 0 Å². The number of ether oxygens (including phenoxy) is 3. The zero-order valence-corrected chi connectivity index (χ0v) is 15.0. The van der Waals surface area contributed by atoms with Gasteiger partial charge in [0, 0.05) is 23.9 Å². The third-order valence-electron chi connectivity index (χ3n) is 3.64. The van der Waals surface area contributed by atoms with E-state index in [1.807, 2.05) is 0 Å². The fourth-order valence-corrected chi connectivity index (χ4v) is 2.29. The second kappa shape index (κ2) is 8.61. The van der Waals surface area contributed by atoms with Gasteiger partial charge in [0.1, 0.15) is 11.5 Å². The Hall–Kier alpha value is -2.97. The number of halogens is 3. The Labute approximate surface area is 154 Å². The Morgan fingerprint density at radius 3 is 2.48 bits per heavy atom. The van der Waals surface area contributed by atoms with E-state index < -0.39 is 18.7 Å². The Morgan fingerprint density at radius 1 is 1.19 bits per heavy atom. The first kappa shape index (κ1) is 20.3. The maximum atomic E-state index is 12.3. The van der Waals surface area contributed by atoms with Crippen LogP contribution in [0, 0.1) is 0 Å². The largest absolute Gasteiger partial charge is 0.497 e. The number of nitrogens with zero attached hydrogens (tertiary/aromatic N) is 1. The second-order valence-electron chi connectivity index (χ2n) is 5.59. The molecule has 2 rings (SSSR count). The van der Waals surface area contributed by atoms with Gasteiger partial charge in [-0.15, -0.1) is 0 Å². The number of carbonyl (C=O) groups is 1. The van der Waals surface area contributed by atoms with Gasteiger partial charge >= 0.3 is 6.18 Å². The molecule has 2 aromatic rings. The minimum atomic E-state index is -4.45. The summed E-state index contributed by atoms with van der Waals surface area (Å²) < 4.78 is 51.3. The molecule has 0 aliphatic rings. The molecule has 9 heteroatoms. The molecule has 0 spiro atoms. The summed E-state index contributed by atoms with van der Waals surface area (Å²) in [5.41, 5.74) is 0.929. The summed E-state index contributed by atoms with van der Waals surface area (Å²) in [6.45, 7) is 0.330. The van der Waals surface area contributed by atoms with Gasteiger partial charge in [-0.1, -0.05) is 0 Å². The second-order valence-corrected chi connectivity index (χ2v) is 5.59. The van der Waals surface area contributed by atoms with Crippen LogP contribution in [0.4, 0.5) is 13.2 Å². The van der Waals surface area contributed by atoms with Crippen LogP contribution >= 0.6 is 0 Å². The molecule has 1 N–H and O–H groups in total. The monoisotopic (exact) mass is 384 g/mol. The first-order chi connectivity index (χ1) is 12.7. The fraction of sp³-hybridized carbons (Fsp3) is 0.333. The summed E-state index contributed by atoms with van der Waals surface area (Å²) in [4.78, 5) is 16.1. The predicted molar refractivity (Wildman–Crippen MR) is 91.2 cm³/mol. The summed E-state index contributed by atoms with van der Waals surface area (Å²) in [5.74, 6) is 0.521. The summed E-state index contributed by atoms with van der Waals surface area (Å²) >= 11 is 0. The number of aromatic nitrogens is 1. The van der Waals surface area contributed by atoms with E-state index in [0.29, 0.717) is 11.5 Å². The molecule has 0 saturated carbocycles. The minimum absolute atomic E-state index is 0.189. The highest BCUT2D eigenvalue weighted by atomic mass is 19.4. The molecule has 1 aromatic heterocycles. The molecule has 1 heterocycles. The van der Waals surface area contributed by atoms with Crippen LogP contribution in [0.2, 0.25) is 0 Å². The van der Waals surface area contributed by atoms with E-state index in [9.17, 15) is 18.0 Å². The maximum Gasteiger partial charge on any atom is 0.422 e. The lowest BCUT2D eigenvalue weighted by molar-refractivity contribution is -0.154. The van der Waals surface area contributed by atoms with Gasteiger partial charge in [-0.25, -0.2) is 4.98 Å². The Kier molecular flexibility index (Phi) is 6.49. The average Bonchev–Trinajstić information content (AvgIpc) is 2.65. The third kappa shape index (κ3) is 5.77. The van der Waals surface area contributed by atoms with Crippen LogP contribution in [-0.4, -0.2) is 37.9 Å². The highest BCUT2D eigenvalue weighted by Gasteiger charge is 2.28. The van der Waals surface area contributed by atoms with Crippen LogP contribution in [0.15, 0.2) is 36.5 Å². The molecule has 1 amide bonds. The van der Waals surface area contributed by atoms with Gasteiger partial charge < -0.3 is 19.5 Å². The molecule has 0 aliphatic carbocycles. The molecule has 1 atom stereocenters. The van der Waals surface area contributed by atoms with Crippen LogP contribution < -0.4 is 19.5 Å². The first-order valence-corrected chi connectivity index (χ1v) is 7.92. The molecule has 0 fully saturated rings. The zero-order valence-electron chi connectivity index (χ0n) is 15.0. The standard InChI is InChI=1S/C18H19F3N2O4/c1-11(14-6-5-13(25-2)8-15(14)26-3)23-17(24)12-4-7-16(22-9-12)27-10-18(19,20)21/h4-9,11H,10H2,1-3H3,(H,23,24). The van der Waals surface area contributed by atoms with E-state index in [4.69, 9.17) is 9.47 Å². The third-order valence-corrected chi connectivity index (χ3v) is 3.64. The smallest absolute Gasteiger partial charge is 0.422 e. The van der Waals surface area contributed by atoms with Gasteiger partial charge in [0.05, 0.1) is 25.8 Å². The van der Waals surface area contributed by atoms with Crippen molar-refractivity contribution in [3.63, 3.8) is 0 Å². The van der Waals surface area contributed by atoms with Crippen LogP contribution in [0.3, 0.4) is 0 Å². The van der Waals surface area contributed by atoms with Crippen molar-refractivity contribution in [3.05, 3.63) is 47.7 Å². The average molecular weight is 384 g/mol. The number of benzene rings is 1. The van der Waals surface area contributed by atoms with Gasteiger partial charge in [-0.05, 0) is 25.1 Å². The van der Waals surface area contributed by atoms with Gasteiger partial charge in [0.15, 0.2) is 6.61 Å². The number of carbonyl (C=O) groups excluding carboxylic acids is 1. The quantitative estimate of drug-likeness (QED) is 0.791. The molecule has 27 heavy (non-hydrogen) atoms. The van der Waals surface area contributed by atoms with E-state index in [1.54, 1.807) is 25.1 Å². The lowest BCUT2D eigenvalue weighted by Gasteiger charge is -2.18. The summed E-state index contributed by atoms with van der Waals surface area (Å²) in [7, 11) is 3.05. The lowest BCUT2D eigenvalue weighted by Crippen LogP contribution is -2.27. The summed E-state index contributed by atoms with van der Waals surface area (Å²) in [6.07, 6.45) is -3.30. The van der Waals surface area contributed by atoms with Crippen molar-refractivity contribution < 1.29 is 32.2 Å². The first-order valence-electron chi connectivity index (χ1n) is 7.92. The molecular weight excluding hydrogens is 365 g/mol. The van der Waals surface area contributed by atoms with Gasteiger partial charge in [-0.2, -0.15) is 13.2 Å². The van der Waals surface area contributed by atoms with E-state index in [0.717, 1.165) is 11.8 Å².